The van der Waals surface area contributed by atoms with Crippen molar-refractivity contribution in [3.63, 3.8) is 0 Å². The molecule has 3 aromatic heterocycles. The van der Waals surface area contributed by atoms with Crippen molar-refractivity contribution in [1.82, 2.24) is 35.1 Å². The van der Waals surface area contributed by atoms with Gasteiger partial charge >= 0.3 is 0 Å². The molecule has 2 atom stereocenters. The number of nitrogens with zero attached hydrogens (tertiary/aromatic N) is 3. The Balaban J connectivity index is 1.11. The maximum absolute atomic E-state index is 6.25. The molecule has 6 heterocycles. The first-order valence-electron chi connectivity index (χ1n) is 13.3. The zero-order chi connectivity index (χ0) is 24.3. The van der Waals surface area contributed by atoms with E-state index >= 15 is 0 Å². The average Bonchev–Trinajstić information content (AvgIpc) is 3.76. The lowest BCUT2D eigenvalue weighted by molar-refractivity contribution is 0.235. The molecule has 2 fully saturated rings. The number of fused-ring (bicyclic) bond motifs is 5. The van der Waals surface area contributed by atoms with Crippen molar-refractivity contribution in [2.24, 2.45) is 0 Å². The largest absolute Gasteiger partial charge is 0.472 e. The number of aromatic nitrogens is 5. The summed E-state index contributed by atoms with van der Waals surface area (Å²) in [5, 5.41) is 8.23. The molecule has 2 aromatic carbocycles. The van der Waals surface area contributed by atoms with Gasteiger partial charge in [0.2, 0.25) is 0 Å². The topological polar surface area (TPSA) is 95.6 Å². The Bertz CT molecular complexity index is 1610. The number of hydrogen-bond donors (Lipinski definition) is 4. The zero-order valence-corrected chi connectivity index (χ0v) is 20.6. The summed E-state index contributed by atoms with van der Waals surface area (Å²) in [6.07, 6.45) is 8.56. The normalized spacial score (nSPS) is 20.8. The summed E-state index contributed by atoms with van der Waals surface area (Å²) in [5.74, 6) is 2.96. The Labute approximate surface area is 214 Å². The van der Waals surface area contributed by atoms with Crippen LogP contribution < -0.4 is 15.4 Å². The molecule has 0 bridgehead atoms. The molecule has 0 amide bonds. The standard InChI is InChI=1S/C29H29N7O/c1-3-21(30-9-1)28-32-14-23(34-28)17-6-8-25-19(11-17)12-26-20-7-5-18(13-27(20)37-16-36(25)26)24-15-33-29(35-24)22-4-2-10-31-22/h5-8,11-15,21-22,30-31H,1-4,9-10,16H2,(H,32,34)(H,33,35)/t21-,22-/m0/s1. The van der Waals surface area contributed by atoms with Crippen molar-refractivity contribution in [2.45, 2.75) is 44.5 Å². The molecule has 186 valence electrons. The van der Waals surface area contributed by atoms with E-state index < -0.39 is 0 Å². The summed E-state index contributed by atoms with van der Waals surface area (Å²) in [7, 11) is 0. The summed E-state index contributed by atoms with van der Waals surface area (Å²) < 4.78 is 8.51. The average molecular weight is 492 g/mol. The first kappa shape index (κ1) is 21.2. The highest BCUT2D eigenvalue weighted by atomic mass is 16.5. The summed E-state index contributed by atoms with van der Waals surface area (Å²) in [6, 6.07) is 16.0. The molecule has 8 nitrogen and oxygen atoms in total. The van der Waals surface area contributed by atoms with Gasteiger partial charge in [-0.1, -0.05) is 12.1 Å². The van der Waals surface area contributed by atoms with Gasteiger partial charge in [-0.3, -0.25) is 0 Å². The minimum absolute atomic E-state index is 0.330. The maximum atomic E-state index is 6.25. The highest BCUT2D eigenvalue weighted by Crippen LogP contribution is 2.41. The number of nitrogens with one attached hydrogen (secondary N) is 4. The molecule has 37 heavy (non-hydrogen) atoms. The van der Waals surface area contributed by atoms with Crippen LogP contribution in [0, 0.1) is 0 Å². The van der Waals surface area contributed by atoms with Gasteiger partial charge in [-0.05, 0) is 69.1 Å². The Morgan fingerprint density at radius 2 is 1.46 bits per heavy atom. The number of ether oxygens (including phenoxy) is 1. The summed E-state index contributed by atoms with van der Waals surface area (Å²) in [4.78, 5) is 16.3. The Kier molecular flexibility index (Phi) is 4.78. The Hall–Kier alpha value is -3.88. The van der Waals surface area contributed by atoms with Crippen LogP contribution in [0.2, 0.25) is 0 Å². The van der Waals surface area contributed by atoms with E-state index in [0.717, 1.165) is 71.4 Å². The fourth-order valence-electron chi connectivity index (χ4n) is 6.11. The highest BCUT2D eigenvalue weighted by molar-refractivity contribution is 5.92. The predicted octanol–water partition coefficient (Wildman–Crippen LogP) is 5.29. The lowest BCUT2D eigenvalue weighted by Crippen LogP contribution is -2.14. The molecule has 8 rings (SSSR count). The fourth-order valence-corrected chi connectivity index (χ4v) is 6.11. The van der Waals surface area contributed by atoms with Gasteiger partial charge in [-0.15, -0.1) is 0 Å². The lowest BCUT2D eigenvalue weighted by atomic mass is 10.0. The SMILES string of the molecule is c1cc2c(cc1-c1cnc([C@@H]3CCCN3)[nH]1)OCn1c-2cc2cc(-c3cnc([C@@H]4CCCN4)[nH]3)ccc21. The van der Waals surface area contributed by atoms with Crippen molar-refractivity contribution in [1.29, 1.82) is 0 Å². The molecule has 2 saturated heterocycles. The van der Waals surface area contributed by atoms with Gasteiger partial charge in [0.1, 0.15) is 17.4 Å². The molecule has 0 radical (unpaired) electrons. The van der Waals surface area contributed by atoms with E-state index in [4.69, 9.17) is 4.74 Å². The molecule has 8 heteroatoms. The van der Waals surface area contributed by atoms with Crippen LogP contribution in [0.1, 0.15) is 49.4 Å². The molecule has 0 saturated carbocycles. The van der Waals surface area contributed by atoms with Crippen LogP contribution >= 0.6 is 0 Å². The maximum Gasteiger partial charge on any atom is 0.165 e. The van der Waals surface area contributed by atoms with Crippen molar-refractivity contribution >= 4 is 10.9 Å². The van der Waals surface area contributed by atoms with Crippen LogP contribution in [-0.4, -0.2) is 37.6 Å². The highest BCUT2D eigenvalue weighted by Gasteiger charge is 2.23. The molecule has 0 spiro atoms. The third-order valence-corrected chi connectivity index (χ3v) is 8.10. The van der Waals surface area contributed by atoms with E-state index in [1.165, 1.54) is 29.4 Å². The Morgan fingerprint density at radius 3 is 2.14 bits per heavy atom. The zero-order valence-electron chi connectivity index (χ0n) is 20.6. The van der Waals surface area contributed by atoms with E-state index in [0.29, 0.717) is 18.8 Å². The number of hydrogen-bond acceptors (Lipinski definition) is 5. The Morgan fingerprint density at radius 1 is 0.784 bits per heavy atom. The second-order valence-electron chi connectivity index (χ2n) is 10.4. The summed E-state index contributed by atoms with van der Waals surface area (Å²) >= 11 is 0. The van der Waals surface area contributed by atoms with Crippen molar-refractivity contribution in [2.75, 3.05) is 13.1 Å². The van der Waals surface area contributed by atoms with Crippen LogP contribution in [0.15, 0.2) is 54.9 Å². The third-order valence-electron chi connectivity index (χ3n) is 8.10. The molecule has 0 aliphatic carbocycles. The van der Waals surface area contributed by atoms with E-state index in [1.54, 1.807) is 0 Å². The summed E-state index contributed by atoms with van der Waals surface area (Å²) in [6.45, 7) is 2.62. The number of imidazole rings is 2. The van der Waals surface area contributed by atoms with Gasteiger partial charge in [0.25, 0.3) is 0 Å². The molecule has 5 aromatic rings. The van der Waals surface area contributed by atoms with Crippen LogP contribution in [0.4, 0.5) is 0 Å². The minimum atomic E-state index is 0.330. The van der Waals surface area contributed by atoms with Crippen molar-refractivity contribution < 1.29 is 4.74 Å². The van der Waals surface area contributed by atoms with Gasteiger partial charge in [-0.25, -0.2) is 9.97 Å². The molecule has 0 unspecified atom stereocenters. The molecular formula is C29H29N7O. The second-order valence-corrected chi connectivity index (χ2v) is 10.4. The van der Waals surface area contributed by atoms with E-state index in [9.17, 15) is 0 Å². The third kappa shape index (κ3) is 3.51. The van der Waals surface area contributed by atoms with E-state index in [2.05, 4.69) is 77.6 Å². The van der Waals surface area contributed by atoms with Gasteiger partial charge in [-0.2, -0.15) is 0 Å². The van der Waals surface area contributed by atoms with Gasteiger partial charge in [0, 0.05) is 22.1 Å². The first-order valence-corrected chi connectivity index (χ1v) is 13.3. The predicted molar refractivity (Wildman–Crippen MR) is 143 cm³/mol. The minimum Gasteiger partial charge on any atom is -0.472 e. The van der Waals surface area contributed by atoms with Crippen LogP contribution in [0.5, 0.6) is 5.75 Å². The second kappa shape index (κ2) is 8.33. The van der Waals surface area contributed by atoms with Crippen molar-refractivity contribution in [3.8, 4) is 39.5 Å². The molecule has 3 aliphatic heterocycles. The van der Waals surface area contributed by atoms with Gasteiger partial charge in [0.15, 0.2) is 6.73 Å². The summed E-state index contributed by atoms with van der Waals surface area (Å²) in [5.41, 5.74) is 7.79. The van der Waals surface area contributed by atoms with Crippen LogP contribution in [0.25, 0.3) is 44.7 Å². The van der Waals surface area contributed by atoms with Gasteiger partial charge in [0.05, 0.1) is 47.1 Å². The lowest BCUT2D eigenvalue weighted by Gasteiger charge is -2.21. The quantitative estimate of drug-likeness (QED) is 0.274. The van der Waals surface area contributed by atoms with E-state index in [1.807, 2.05) is 12.4 Å². The van der Waals surface area contributed by atoms with Crippen LogP contribution in [0.3, 0.4) is 0 Å². The molecular weight excluding hydrogens is 462 g/mol. The molecule has 4 N–H and O–H groups in total. The van der Waals surface area contributed by atoms with Crippen molar-refractivity contribution in [3.05, 3.63) is 66.5 Å². The van der Waals surface area contributed by atoms with E-state index in [-0.39, 0.29) is 0 Å². The monoisotopic (exact) mass is 491 g/mol. The van der Waals surface area contributed by atoms with Gasteiger partial charge < -0.3 is 29.9 Å². The number of rotatable bonds is 4. The number of benzene rings is 2. The van der Waals surface area contributed by atoms with Crippen LogP contribution in [-0.2, 0) is 6.73 Å². The first-order chi connectivity index (χ1) is 18.3. The number of aromatic amines is 2. The molecule has 3 aliphatic rings. The fraction of sp³-hybridized carbons (Fsp3) is 0.310. The smallest absolute Gasteiger partial charge is 0.165 e. The number of H-pyrrole nitrogens is 2.